The highest BCUT2D eigenvalue weighted by molar-refractivity contribution is 5.71. The van der Waals surface area contributed by atoms with Crippen LogP contribution in [0.1, 0.15) is 23.1 Å². The van der Waals surface area contributed by atoms with Gasteiger partial charge in [-0.2, -0.15) is 0 Å². The average Bonchev–Trinajstić information content (AvgIpc) is 2.13. The zero-order valence-electron chi connectivity index (χ0n) is 8.95. The van der Waals surface area contributed by atoms with Gasteiger partial charge in [-0.3, -0.25) is 4.79 Å². The summed E-state index contributed by atoms with van der Waals surface area (Å²) in [4.78, 5) is 10.3. The lowest BCUT2D eigenvalue weighted by atomic mass is 10.0. The van der Waals surface area contributed by atoms with E-state index >= 15 is 0 Å². The first kappa shape index (κ1) is 11.3. The largest absolute Gasteiger partial charge is 0.481 e. The Bertz CT molecular complexity index is 408. The zero-order valence-corrected chi connectivity index (χ0v) is 8.95. The fourth-order valence-corrected chi connectivity index (χ4v) is 1.33. The van der Waals surface area contributed by atoms with E-state index in [2.05, 4.69) is 0 Å². The molecule has 1 aromatic rings. The molecular weight excluding hydrogens is 190 g/mol. The summed E-state index contributed by atoms with van der Waals surface area (Å²) < 4.78 is 0. The number of carboxylic acids is 1. The van der Waals surface area contributed by atoms with E-state index in [1.807, 2.05) is 32.1 Å². The lowest BCUT2D eigenvalue weighted by molar-refractivity contribution is -0.135. The molecule has 3 N–H and O–H groups in total. The fourth-order valence-electron chi connectivity index (χ4n) is 1.33. The van der Waals surface area contributed by atoms with Gasteiger partial charge in [0.2, 0.25) is 0 Å². The minimum atomic E-state index is -0.823. The molecule has 0 heterocycles. The van der Waals surface area contributed by atoms with E-state index in [1.54, 1.807) is 6.08 Å². The summed E-state index contributed by atoms with van der Waals surface area (Å²) in [6.07, 6.45) is 3.50. The second-order valence-corrected chi connectivity index (χ2v) is 3.57. The maximum atomic E-state index is 10.3. The van der Waals surface area contributed by atoms with Crippen LogP contribution in [0.2, 0.25) is 0 Å². The van der Waals surface area contributed by atoms with Crippen LogP contribution in [-0.4, -0.2) is 11.1 Å². The molecule has 0 saturated heterocycles. The third kappa shape index (κ3) is 3.13. The molecule has 0 aromatic heterocycles. The quantitative estimate of drug-likeness (QED) is 0.744. The topological polar surface area (TPSA) is 63.3 Å². The molecule has 1 aromatic carbocycles. The Labute approximate surface area is 89.2 Å². The summed E-state index contributed by atoms with van der Waals surface area (Å²) in [7, 11) is 0. The summed E-state index contributed by atoms with van der Waals surface area (Å²) in [5.74, 6) is -0.823. The molecule has 0 aliphatic carbocycles. The molecular formula is C12H15NO2. The minimum Gasteiger partial charge on any atom is -0.481 e. The molecule has 15 heavy (non-hydrogen) atoms. The Hall–Kier alpha value is -1.77. The van der Waals surface area contributed by atoms with Gasteiger partial charge in [-0.15, -0.1) is 0 Å². The third-order valence-corrected chi connectivity index (χ3v) is 2.24. The molecule has 0 spiro atoms. The van der Waals surface area contributed by atoms with Crippen LogP contribution in [0.25, 0.3) is 6.08 Å². The van der Waals surface area contributed by atoms with Gasteiger partial charge in [0, 0.05) is 5.69 Å². The first-order valence-corrected chi connectivity index (χ1v) is 4.75. The standard InChI is InChI=1S/C12H15NO2/c1-8-7-11(13)9(2)6-10(8)4-3-5-12(14)15/h3-4,6-7H,5,13H2,1-2H3,(H,14,15). The Kier molecular flexibility index (Phi) is 3.50. The van der Waals surface area contributed by atoms with E-state index in [0.29, 0.717) is 0 Å². The summed E-state index contributed by atoms with van der Waals surface area (Å²) in [5.41, 5.74) is 9.60. The number of aryl methyl sites for hydroxylation is 2. The molecule has 0 aliphatic heterocycles. The van der Waals surface area contributed by atoms with Crippen molar-refractivity contribution in [2.24, 2.45) is 0 Å². The molecule has 0 saturated carbocycles. The molecule has 0 aliphatic rings. The highest BCUT2D eigenvalue weighted by Crippen LogP contribution is 2.18. The number of rotatable bonds is 3. The Morgan fingerprint density at radius 2 is 2.07 bits per heavy atom. The molecule has 3 heteroatoms. The SMILES string of the molecule is Cc1cc(C=CCC(=O)O)c(C)cc1N. The smallest absolute Gasteiger partial charge is 0.307 e. The highest BCUT2D eigenvalue weighted by Gasteiger charge is 1.99. The summed E-state index contributed by atoms with van der Waals surface area (Å²) >= 11 is 0. The van der Waals surface area contributed by atoms with Crippen molar-refractivity contribution in [3.05, 3.63) is 34.9 Å². The van der Waals surface area contributed by atoms with Gasteiger partial charge in [0.1, 0.15) is 0 Å². The monoisotopic (exact) mass is 205 g/mol. The summed E-state index contributed by atoms with van der Waals surface area (Å²) in [5, 5.41) is 8.49. The van der Waals surface area contributed by atoms with E-state index in [9.17, 15) is 4.79 Å². The van der Waals surface area contributed by atoms with Crippen molar-refractivity contribution in [1.29, 1.82) is 0 Å². The van der Waals surface area contributed by atoms with E-state index in [1.165, 1.54) is 0 Å². The van der Waals surface area contributed by atoms with Crippen LogP contribution >= 0.6 is 0 Å². The number of benzene rings is 1. The van der Waals surface area contributed by atoms with Crippen molar-refractivity contribution in [3.63, 3.8) is 0 Å². The van der Waals surface area contributed by atoms with Crippen LogP contribution in [0.4, 0.5) is 5.69 Å². The van der Waals surface area contributed by atoms with E-state index < -0.39 is 5.97 Å². The van der Waals surface area contributed by atoms with Crippen molar-refractivity contribution < 1.29 is 9.90 Å². The number of anilines is 1. The minimum absolute atomic E-state index is 0.0445. The van der Waals surface area contributed by atoms with Gasteiger partial charge in [-0.25, -0.2) is 0 Å². The molecule has 1 rings (SSSR count). The van der Waals surface area contributed by atoms with Gasteiger partial charge in [0.25, 0.3) is 0 Å². The second-order valence-electron chi connectivity index (χ2n) is 3.57. The van der Waals surface area contributed by atoms with Crippen LogP contribution in [-0.2, 0) is 4.79 Å². The molecule has 80 valence electrons. The maximum absolute atomic E-state index is 10.3. The van der Waals surface area contributed by atoms with Crippen molar-refractivity contribution in [1.82, 2.24) is 0 Å². The summed E-state index contributed by atoms with van der Waals surface area (Å²) in [6, 6.07) is 3.86. The maximum Gasteiger partial charge on any atom is 0.307 e. The highest BCUT2D eigenvalue weighted by atomic mass is 16.4. The molecule has 0 fully saturated rings. The molecule has 0 unspecified atom stereocenters. The van der Waals surface area contributed by atoms with Crippen molar-refractivity contribution in [2.45, 2.75) is 20.3 Å². The van der Waals surface area contributed by atoms with E-state index in [4.69, 9.17) is 10.8 Å². The number of nitrogens with two attached hydrogens (primary N) is 1. The van der Waals surface area contributed by atoms with Crippen LogP contribution in [0.15, 0.2) is 18.2 Å². The number of carboxylic acid groups (broad SMARTS) is 1. The average molecular weight is 205 g/mol. The normalized spacial score (nSPS) is 10.8. The number of hydrogen-bond acceptors (Lipinski definition) is 2. The van der Waals surface area contributed by atoms with Gasteiger partial charge < -0.3 is 10.8 Å². The Morgan fingerprint density at radius 1 is 1.40 bits per heavy atom. The van der Waals surface area contributed by atoms with Crippen molar-refractivity contribution >= 4 is 17.7 Å². The lowest BCUT2D eigenvalue weighted by Crippen LogP contribution is -1.93. The predicted octanol–water partition coefficient (Wildman–Crippen LogP) is 2.37. The fraction of sp³-hybridized carbons (Fsp3) is 0.250. The lowest BCUT2D eigenvalue weighted by Gasteiger charge is -2.05. The van der Waals surface area contributed by atoms with Crippen LogP contribution in [0, 0.1) is 13.8 Å². The first-order chi connectivity index (χ1) is 7.00. The number of carbonyl (C=O) groups is 1. The third-order valence-electron chi connectivity index (χ3n) is 2.24. The Morgan fingerprint density at radius 3 is 2.67 bits per heavy atom. The van der Waals surface area contributed by atoms with E-state index in [-0.39, 0.29) is 6.42 Å². The number of aliphatic carboxylic acids is 1. The van der Waals surface area contributed by atoms with Gasteiger partial charge in [-0.1, -0.05) is 12.2 Å². The van der Waals surface area contributed by atoms with Gasteiger partial charge in [0.05, 0.1) is 6.42 Å². The van der Waals surface area contributed by atoms with Crippen LogP contribution in [0.3, 0.4) is 0 Å². The molecule has 0 radical (unpaired) electrons. The number of nitrogen functional groups attached to an aromatic ring is 1. The molecule has 0 bridgehead atoms. The molecule has 3 nitrogen and oxygen atoms in total. The predicted molar refractivity (Wildman–Crippen MR) is 61.6 cm³/mol. The van der Waals surface area contributed by atoms with Crippen LogP contribution < -0.4 is 5.73 Å². The van der Waals surface area contributed by atoms with Crippen molar-refractivity contribution in [2.75, 3.05) is 5.73 Å². The second kappa shape index (κ2) is 4.64. The number of hydrogen-bond donors (Lipinski definition) is 2. The zero-order chi connectivity index (χ0) is 11.4. The van der Waals surface area contributed by atoms with E-state index in [0.717, 1.165) is 22.4 Å². The molecule has 0 amide bonds. The van der Waals surface area contributed by atoms with Gasteiger partial charge in [0.15, 0.2) is 0 Å². The van der Waals surface area contributed by atoms with Crippen molar-refractivity contribution in [3.8, 4) is 0 Å². The van der Waals surface area contributed by atoms with Crippen LogP contribution in [0.5, 0.6) is 0 Å². The van der Waals surface area contributed by atoms with Gasteiger partial charge in [-0.05, 0) is 42.7 Å². The Balaban J connectivity index is 2.90. The molecule has 0 atom stereocenters. The summed E-state index contributed by atoms with van der Waals surface area (Å²) in [6.45, 7) is 3.89. The van der Waals surface area contributed by atoms with Gasteiger partial charge >= 0.3 is 5.97 Å². The first-order valence-electron chi connectivity index (χ1n) is 4.75.